The van der Waals surface area contributed by atoms with Gasteiger partial charge in [-0.1, -0.05) is 60.7 Å². The number of aliphatic carboxylic acids is 1. The van der Waals surface area contributed by atoms with Crippen molar-refractivity contribution in [2.75, 3.05) is 37.7 Å². The Balaban J connectivity index is 1.33. The highest BCUT2D eigenvalue weighted by molar-refractivity contribution is 5.96. The number of hydrogen-bond donors (Lipinski definition) is 2. The van der Waals surface area contributed by atoms with E-state index in [9.17, 15) is 14.4 Å². The first-order valence-electron chi connectivity index (χ1n) is 12.3. The predicted octanol–water partition coefficient (Wildman–Crippen LogP) is 2.68. The first-order chi connectivity index (χ1) is 17.5. The molecule has 2 N–H and O–H groups in total. The van der Waals surface area contributed by atoms with Crippen molar-refractivity contribution in [2.45, 2.75) is 24.9 Å². The summed E-state index contributed by atoms with van der Waals surface area (Å²) in [5.41, 5.74) is 1.50. The molecule has 0 radical (unpaired) electrons. The number of carbonyl (C=O) groups excluding carboxylic acids is 2. The number of piperidine rings is 1. The number of nitrogens with one attached hydrogen (secondary N) is 1. The molecule has 2 aliphatic heterocycles. The van der Waals surface area contributed by atoms with Gasteiger partial charge >= 0.3 is 5.97 Å². The quantitative estimate of drug-likeness (QED) is 0.534. The third kappa shape index (κ3) is 4.64. The van der Waals surface area contributed by atoms with Crippen molar-refractivity contribution in [3.05, 3.63) is 78.4 Å². The summed E-state index contributed by atoms with van der Waals surface area (Å²) in [5, 5.41) is 13.7. The number of para-hydroxylation sites is 1. The molecule has 3 aromatic carbocycles. The Morgan fingerprint density at radius 2 is 1.61 bits per heavy atom. The van der Waals surface area contributed by atoms with E-state index in [4.69, 9.17) is 5.11 Å². The number of rotatable bonds is 7. The summed E-state index contributed by atoms with van der Waals surface area (Å²) < 4.78 is 0. The molecule has 0 aliphatic carbocycles. The van der Waals surface area contributed by atoms with Gasteiger partial charge in [0.2, 0.25) is 11.8 Å². The molecule has 8 heteroatoms. The van der Waals surface area contributed by atoms with E-state index in [1.165, 1.54) is 16.3 Å². The van der Waals surface area contributed by atoms with Crippen molar-refractivity contribution in [1.82, 2.24) is 15.1 Å². The average molecular weight is 487 g/mol. The molecule has 0 bridgehead atoms. The van der Waals surface area contributed by atoms with Crippen LogP contribution in [-0.2, 0) is 20.9 Å². The molecule has 2 saturated heterocycles. The maximum atomic E-state index is 13.7. The van der Waals surface area contributed by atoms with Gasteiger partial charge < -0.3 is 20.2 Å². The fraction of sp³-hybridized carbons (Fsp3) is 0.321. The van der Waals surface area contributed by atoms with Gasteiger partial charge in [0.05, 0.1) is 6.67 Å². The second-order valence-corrected chi connectivity index (χ2v) is 9.52. The van der Waals surface area contributed by atoms with Gasteiger partial charge in [-0.25, -0.2) is 0 Å². The summed E-state index contributed by atoms with van der Waals surface area (Å²) in [7, 11) is 0. The van der Waals surface area contributed by atoms with Gasteiger partial charge in [-0.2, -0.15) is 0 Å². The summed E-state index contributed by atoms with van der Waals surface area (Å²) in [6.45, 7) is 2.02. The molecule has 0 atom stereocenters. The Kier molecular flexibility index (Phi) is 6.61. The maximum absolute atomic E-state index is 13.7. The molecule has 2 fully saturated rings. The van der Waals surface area contributed by atoms with E-state index in [1.54, 1.807) is 4.90 Å². The normalized spacial score (nSPS) is 17.6. The van der Waals surface area contributed by atoms with Crippen molar-refractivity contribution in [3.8, 4) is 0 Å². The molecule has 2 aliphatic rings. The third-order valence-corrected chi connectivity index (χ3v) is 7.31. The molecule has 0 aromatic heterocycles. The van der Waals surface area contributed by atoms with Crippen LogP contribution in [-0.4, -0.2) is 71.1 Å². The van der Waals surface area contributed by atoms with E-state index in [1.807, 2.05) is 36.4 Å². The van der Waals surface area contributed by atoms with Crippen LogP contribution in [0, 0.1) is 0 Å². The van der Waals surface area contributed by atoms with Crippen molar-refractivity contribution >= 4 is 34.2 Å². The highest BCUT2D eigenvalue weighted by Gasteiger charge is 2.53. The molecule has 3 aromatic rings. The van der Waals surface area contributed by atoms with Gasteiger partial charge in [0.15, 0.2) is 0 Å². The van der Waals surface area contributed by atoms with Crippen LogP contribution in [0.2, 0.25) is 0 Å². The lowest BCUT2D eigenvalue weighted by Crippen LogP contribution is -2.56. The summed E-state index contributed by atoms with van der Waals surface area (Å²) in [5.74, 6) is -1.65. The SMILES string of the molecule is O=C(O)CNC(=O)CN1CN(c2ccccc2)C2(CCN(Cc3cccc4ccccc34)CC2)C1=O. The largest absolute Gasteiger partial charge is 0.480 e. The van der Waals surface area contributed by atoms with Crippen LogP contribution in [0.3, 0.4) is 0 Å². The molecular weight excluding hydrogens is 456 g/mol. The average Bonchev–Trinajstić information content (AvgIpc) is 3.15. The monoisotopic (exact) mass is 486 g/mol. The summed E-state index contributed by atoms with van der Waals surface area (Å²) >= 11 is 0. The topological polar surface area (TPSA) is 93.2 Å². The zero-order chi connectivity index (χ0) is 25.1. The lowest BCUT2D eigenvalue weighted by molar-refractivity contribution is -0.139. The summed E-state index contributed by atoms with van der Waals surface area (Å²) in [4.78, 5) is 43.0. The lowest BCUT2D eigenvalue weighted by atomic mass is 9.85. The number of nitrogens with zero attached hydrogens (tertiary/aromatic N) is 3. The van der Waals surface area contributed by atoms with Gasteiger partial charge in [0.25, 0.3) is 0 Å². The van der Waals surface area contributed by atoms with Crippen LogP contribution in [0.4, 0.5) is 5.69 Å². The lowest BCUT2D eigenvalue weighted by Gasteiger charge is -2.43. The first-order valence-corrected chi connectivity index (χ1v) is 12.3. The van der Waals surface area contributed by atoms with Crippen molar-refractivity contribution in [1.29, 1.82) is 0 Å². The van der Waals surface area contributed by atoms with E-state index in [2.05, 4.69) is 51.5 Å². The van der Waals surface area contributed by atoms with Crippen LogP contribution in [0.15, 0.2) is 72.8 Å². The minimum Gasteiger partial charge on any atom is -0.480 e. The molecule has 0 unspecified atom stereocenters. The van der Waals surface area contributed by atoms with Gasteiger partial charge in [-0.05, 0) is 41.3 Å². The van der Waals surface area contributed by atoms with Crippen LogP contribution in [0.5, 0.6) is 0 Å². The van der Waals surface area contributed by atoms with Crippen molar-refractivity contribution in [2.24, 2.45) is 0 Å². The minimum atomic E-state index is -1.11. The van der Waals surface area contributed by atoms with Gasteiger partial charge in [0, 0.05) is 25.3 Å². The zero-order valence-corrected chi connectivity index (χ0v) is 20.1. The Morgan fingerprint density at radius 3 is 2.36 bits per heavy atom. The van der Waals surface area contributed by atoms with E-state index in [0.717, 1.165) is 25.3 Å². The number of amides is 2. The van der Waals surface area contributed by atoms with E-state index >= 15 is 0 Å². The molecule has 0 saturated carbocycles. The number of carboxylic acids is 1. The number of carbonyl (C=O) groups is 3. The molecule has 8 nitrogen and oxygen atoms in total. The number of hydrogen-bond acceptors (Lipinski definition) is 5. The van der Waals surface area contributed by atoms with Crippen LogP contribution >= 0.6 is 0 Å². The molecule has 5 rings (SSSR count). The summed E-state index contributed by atoms with van der Waals surface area (Å²) in [6.07, 6.45) is 1.30. The number of carboxylic acid groups (broad SMARTS) is 1. The van der Waals surface area contributed by atoms with E-state index in [-0.39, 0.29) is 12.5 Å². The predicted molar refractivity (Wildman–Crippen MR) is 137 cm³/mol. The van der Waals surface area contributed by atoms with E-state index in [0.29, 0.717) is 19.5 Å². The second kappa shape index (κ2) is 9.99. The van der Waals surface area contributed by atoms with Gasteiger partial charge in [-0.3, -0.25) is 19.3 Å². The Morgan fingerprint density at radius 1 is 0.917 bits per heavy atom. The zero-order valence-electron chi connectivity index (χ0n) is 20.1. The van der Waals surface area contributed by atoms with Gasteiger partial charge in [-0.15, -0.1) is 0 Å². The van der Waals surface area contributed by atoms with Crippen molar-refractivity contribution < 1.29 is 19.5 Å². The standard InChI is InChI=1S/C28H30N4O4/c33-25(29-17-26(34)35)19-31-20-32(23-10-2-1-3-11-23)28(27(31)36)13-15-30(16-14-28)18-22-9-6-8-21-7-4-5-12-24(21)22/h1-12H,13-20H2,(H,29,33)(H,34,35). The second-order valence-electron chi connectivity index (χ2n) is 9.52. The molecule has 186 valence electrons. The fourth-order valence-electron chi connectivity index (χ4n) is 5.48. The van der Waals surface area contributed by atoms with Crippen LogP contribution in [0.25, 0.3) is 10.8 Å². The smallest absolute Gasteiger partial charge is 0.322 e. The highest BCUT2D eigenvalue weighted by Crippen LogP contribution is 2.39. The molecule has 2 amide bonds. The molecular formula is C28H30N4O4. The number of fused-ring (bicyclic) bond motifs is 1. The van der Waals surface area contributed by atoms with Crippen molar-refractivity contribution in [3.63, 3.8) is 0 Å². The van der Waals surface area contributed by atoms with Crippen LogP contribution in [0.1, 0.15) is 18.4 Å². The molecule has 2 heterocycles. The van der Waals surface area contributed by atoms with Crippen LogP contribution < -0.4 is 10.2 Å². The maximum Gasteiger partial charge on any atom is 0.322 e. The van der Waals surface area contributed by atoms with Gasteiger partial charge in [0.1, 0.15) is 18.6 Å². The molecule has 36 heavy (non-hydrogen) atoms. The number of benzene rings is 3. The Labute approximate surface area is 210 Å². The minimum absolute atomic E-state index is 0.0679. The third-order valence-electron chi connectivity index (χ3n) is 7.31. The Hall–Kier alpha value is -3.91. The Bertz CT molecular complexity index is 1270. The van der Waals surface area contributed by atoms with E-state index < -0.39 is 24.0 Å². The first kappa shape index (κ1) is 23.8. The number of anilines is 1. The fourth-order valence-corrected chi connectivity index (χ4v) is 5.48. The summed E-state index contributed by atoms with van der Waals surface area (Å²) in [6, 6.07) is 24.6. The molecule has 1 spiro atoms. The highest BCUT2D eigenvalue weighted by atomic mass is 16.4. The number of likely N-dealkylation sites (tertiary alicyclic amines) is 1.